The maximum absolute atomic E-state index is 11.0. The van der Waals surface area contributed by atoms with Crippen molar-refractivity contribution in [2.24, 2.45) is 5.92 Å². The van der Waals surface area contributed by atoms with Crippen molar-refractivity contribution in [3.8, 4) is 5.75 Å². The minimum atomic E-state index is -0.731. The van der Waals surface area contributed by atoms with E-state index >= 15 is 0 Å². The predicted molar refractivity (Wildman–Crippen MR) is 67.0 cm³/mol. The van der Waals surface area contributed by atoms with Crippen LogP contribution in [-0.2, 0) is 4.79 Å². The highest BCUT2D eigenvalue weighted by molar-refractivity contribution is 5.85. The highest BCUT2D eigenvalue weighted by atomic mass is 35.5. The molecule has 0 amide bonds. The molecule has 0 bridgehead atoms. The van der Waals surface area contributed by atoms with Gasteiger partial charge in [-0.25, -0.2) is 0 Å². The second-order valence-corrected chi connectivity index (χ2v) is 3.98. The summed E-state index contributed by atoms with van der Waals surface area (Å²) in [5.41, 5.74) is 1.05. The zero-order valence-electron chi connectivity index (χ0n) is 9.55. The van der Waals surface area contributed by atoms with Gasteiger partial charge in [-0.3, -0.25) is 4.79 Å². The molecule has 1 aromatic rings. The molecule has 1 aliphatic heterocycles. The third-order valence-electron chi connectivity index (χ3n) is 3.08. The number of ether oxygens (including phenoxy) is 1. The van der Waals surface area contributed by atoms with Gasteiger partial charge in [0.2, 0.25) is 0 Å². The van der Waals surface area contributed by atoms with E-state index in [1.165, 1.54) is 0 Å². The van der Waals surface area contributed by atoms with Crippen molar-refractivity contribution in [1.29, 1.82) is 0 Å². The number of aliphatic carboxylic acids is 1. The lowest BCUT2D eigenvalue weighted by molar-refractivity contribution is -0.141. The molecule has 1 saturated heterocycles. The Bertz CT molecular complexity index is 380. The fraction of sp³-hybridized carbons (Fsp3) is 0.417. The molecular weight excluding hydrogens is 242 g/mol. The monoisotopic (exact) mass is 257 g/mol. The molecule has 2 rings (SSSR count). The van der Waals surface area contributed by atoms with Crippen molar-refractivity contribution in [2.75, 3.05) is 20.2 Å². The van der Waals surface area contributed by atoms with E-state index in [-0.39, 0.29) is 24.2 Å². The first kappa shape index (κ1) is 13.8. The molecule has 0 spiro atoms. The van der Waals surface area contributed by atoms with Crippen LogP contribution in [-0.4, -0.2) is 31.3 Å². The molecule has 1 aliphatic rings. The van der Waals surface area contributed by atoms with Crippen LogP contribution in [0.5, 0.6) is 5.75 Å². The third-order valence-corrected chi connectivity index (χ3v) is 3.08. The van der Waals surface area contributed by atoms with E-state index in [1.807, 2.05) is 24.3 Å². The zero-order valence-corrected chi connectivity index (χ0v) is 10.4. The van der Waals surface area contributed by atoms with Crippen molar-refractivity contribution < 1.29 is 14.6 Å². The van der Waals surface area contributed by atoms with Crippen LogP contribution < -0.4 is 10.1 Å². The van der Waals surface area contributed by atoms with Crippen LogP contribution in [0.1, 0.15) is 11.5 Å². The Balaban J connectivity index is 0.00000144. The van der Waals surface area contributed by atoms with Gasteiger partial charge in [0, 0.05) is 19.0 Å². The summed E-state index contributed by atoms with van der Waals surface area (Å²) in [5, 5.41) is 12.2. The van der Waals surface area contributed by atoms with Crippen LogP contribution in [0.25, 0.3) is 0 Å². The first-order valence-corrected chi connectivity index (χ1v) is 5.30. The minimum absolute atomic E-state index is 0. The molecule has 2 N–H and O–H groups in total. The summed E-state index contributed by atoms with van der Waals surface area (Å²) in [7, 11) is 1.62. The smallest absolute Gasteiger partial charge is 0.308 e. The van der Waals surface area contributed by atoms with E-state index in [9.17, 15) is 4.79 Å². The number of methoxy groups -OCH3 is 1. The molecule has 5 heteroatoms. The molecule has 1 heterocycles. The van der Waals surface area contributed by atoms with Crippen molar-refractivity contribution in [3.05, 3.63) is 29.8 Å². The number of carboxylic acids is 1. The average molecular weight is 258 g/mol. The van der Waals surface area contributed by atoms with E-state index < -0.39 is 5.97 Å². The SMILES string of the molecule is COc1ccc(C2CNCC2C(=O)O)cc1.Cl. The average Bonchev–Trinajstić information content (AvgIpc) is 2.78. The first-order valence-electron chi connectivity index (χ1n) is 5.30. The van der Waals surface area contributed by atoms with Crippen LogP contribution in [0, 0.1) is 5.92 Å². The summed E-state index contributed by atoms with van der Waals surface area (Å²) in [5.74, 6) is -0.204. The number of hydrogen-bond acceptors (Lipinski definition) is 3. The number of carbonyl (C=O) groups is 1. The normalized spacial score (nSPS) is 22.9. The van der Waals surface area contributed by atoms with Gasteiger partial charge in [-0.1, -0.05) is 12.1 Å². The Morgan fingerprint density at radius 2 is 2.00 bits per heavy atom. The molecule has 1 fully saturated rings. The van der Waals surface area contributed by atoms with Crippen molar-refractivity contribution in [2.45, 2.75) is 5.92 Å². The Labute approximate surface area is 106 Å². The van der Waals surface area contributed by atoms with Crippen molar-refractivity contribution in [1.82, 2.24) is 5.32 Å². The molecule has 0 saturated carbocycles. The second kappa shape index (κ2) is 5.89. The summed E-state index contributed by atoms with van der Waals surface area (Å²) in [6.45, 7) is 1.27. The molecule has 0 aromatic heterocycles. The van der Waals surface area contributed by atoms with Crippen LogP contribution in [0.3, 0.4) is 0 Å². The van der Waals surface area contributed by atoms with Gasteiger partial charge in [0.1, 0.15) is 5.75 Å². The Morgan fingerprint density at radius 1 is 1.35 bits per heavy atom. The van der Waals surface area contributed by atoms with E-state index in [1.54, 1.807) is 7.11 Å². The minimum Gasteiger partial charge on any atom is -0.497 e. The van der Waals surface area contributed by atoms with Gasteiger partial charge in [-0.15, -0.1) is 12.4 Å². The molecule has 4 nitrogen and oxygen atoms in total. The third kappa shape index (κ3) is 2.90. The van der Waals surface area contributed by atoms with Gasteiger partial charge in [0.05, 0.1) is 13.0 Å². The topological polar surface area (TPSA) is 58.6 Å². The van der Waals surface area contributed by atoms with Gasteiger partial charge in [0.15, 0.2) is 0 Å². The molecule has 2 atom stereocenters. The summed E-state index contributed by atoms with van der Waals surface area (Å²) in [4.78, 5) is 11.0. The van der Waals surface area contributed by atoms with E-state index in [0.717, 1.165) is 17.9 Å². The summed E-state index contributed by atoms with van der Waals surface area (Å²) < 4.78 is 5.07. The highest BCUT2D eigenvalue weighted by Gasteiger charge is 2.33. The van der Waals surface area contributed by atoms with E-state index in [0.29, 0.717) is 6.54 Å². The lowest BCUT2D eigenvalue weighted by atomic mass is 9.89. The van der Waals surface area contributed by atoms with Gasteiger partial charge in [-0.05, 0) is 17.7 Å². The Morgan fingerprint density at radius 3 is 2.53 bits per heavy atom. The van der Waals surface area contributed by atoms with Crippen molar-refractivity contribution >= 4 is 18.4 Å². The number of hydrogen-bond donors (Lipinski definition) is 2. The van der Waals surface area contributed by atoms with Gasteiger partial charge in [0.25, 0.3) is 0 Å². The van der Waals surface area contributed by atoms with Gasteiger partial charge in [-0.2, -0.15) is 0 Å². The molecule has 0 aliphatic carbocycles. The van der Waals surface area contributed by atoms with Crippen molar-refractivity contribution in [3.63, 3.8) is 0 Å². The van der Waals surface area contributed by atoms with Crippen LogP contribution in [0.15, 0.2) is 24.3 Å². The summed E-state index contributed by atoms with van der Waals surface area (Å²) in [6, 6.07) is 7.61. The molecule has 2 unspecified atom stereocenters. The fourth-order valence-corrected chi connectivity index (χ4v) is 2.14. The maximum atomic E-state index is 11.0. The molecular formula is C12H16ClNO3. The van der Waals surface area contributed by atoms with E-state index in [2.05, 4.69) is 5.32 Å². The number of rotatable bonds is 3. The number of halogens is 1. The summed E-state index contributed by atoms with van der Waals surface area (Å²) >= 11 is 0. The van der Waals surface area contributed by atoms with Crippen LogP contribution >= 0.6 is 12.4 Å². The fourth-order valence-electron chi connectivity index (χ4n) is 2.14. The molecule has 94 valence electrons. The van der Waals surface area contributed by atoms with E-state index in [4.69, 9.17) is 9.84 Å². The largest absolute Gasteiger partial charge is 0.497 e. The Hall–Kier alpha value is -1.26. The predicted octanol–water partition coefficient (Wildman–Crippen LogP) is 1.50. The lowest BCUT2D eigenvalue weighted by Crippen LogP contribution is -2.20. The molecule has 0 radical (unpaired) electrons. The first-order chi connectivity index (χ1) is 7.72. The molecule has 1 aromatic carbocycles. The van der Waals surface area contributed by atoms with Crippen LogP contribution in [0.4, 0.5) is 0 Å². The Kier molecular flexibility index (Phi) is 4.78. The number of nitrogens with one attached hydrogen (secondary N) is 1. The standard InChI is InChI=1S/C12H15NO3.ClH/c1-16-9-4-2-8(3-5-9)10-6-13-7-11(10)12(14)15;/h2-5,10-11,13H,6-7H2,1H3,(H,14,15);1H. The van der Waals surface area contributed by atoms with Gasteiger partial charge < -0.3 is 15.2 Å². The van der Waals surface area contributed by atoms with Crippen LogP contribution in [0.2, 0.25) is 0 Å². The zero-order chi connectivity index (χ0) is 11.5. The summed E-state index contributed by atoms with van der Waals surface area (Å²) in [6.07, 6.45) is 0. The van der Waals surface area contributed by atoms with Gasteiger partial charge >= 0.3 is 5.97 Å². The highest BCUT2D eigenvalue weighted by Crippen LogP contribution is 2.29. The number of carboxylic acid groups (broad SMARTS) is 1. The quantitative estimate of drug-likeness (QED) is 0.862. The lowest BCUT2D eigenvalue weighted by Gasteiger charge is -2.15. The molecule has 17 heavy (non-hydrogen) atoms. The maximum Gasteiger partial charge on any atom is 0.308 e. The second-order valence-electron chi connectivity index (χ2n) is 3.98. The number of benzene rings is 1.